The molecule has 3 rings (SSSR count). The van der Waals surface area contributed by atoms with Gasteiger partial charge in [0.05, 0.1) is 12.7 Å². The van der Waals surface area contributed by atoms with E-state index in [-0.39, 0.29) is 0 Å². The summed E-state index contributed by atoms with van der Waals surface area (Å²) >= 11 is 0. The van der Waals surface area contributed by atoms with Gasteiger partial charge in [-0.25, -0.2) is 10.1 Å². The van der Waals surface area contributed by atoms with Gasteiger partial charge in [0.25, 0.3) is 0 Å². The maximum Gasteiger partial charge on any atom is 0.221 e. The van der Waals surface area contributed by atoms with Crippen LogP contribution in [-0.2, 0) is 6.54 Å². The van der Waals surface area contributed by atoms with Gasteiger partial charge in [0, 0.05) is 33.1 Å². The summed E-state index contributed by atoms with van der Waals surface area (Å²) in [5.41, 5.74) is 0. The lowest BCUT2D eigenvalue weighted by Crippen LogP contribution is -2.46. The Morgan fingerprint density at radius 1 is 1.28 bits per heavy atom. The van der Waals surface area contributed by atoms with Gasteiger partial charge in [0.2, 0.25) is 5.95 Å². The fourth-order valence-electron chi connectivity index (χ4n) is 2.17. The molecule has 1 aliphatic rings. The smallest absolute Gasteiger partial charge is 0.221 e. The van der Waals surface area contributed by atoms with E-state index in [0.29, 0.717) is 0 Å². The minimum Gasteiger partial charge on any atom is -0.445 e. The summed E-state index contributed by atoms with van der Waals surface area (Å²) < 4.78 is 5.49. The van der Waals surface area contributed by atoms with E-state index < -0.39 is 0 Å². The molecule has 1 aliphatic heterocycles. The molecule has 7 heteroatoms. The molecule has 18 heavy (non-hydrogen) atoms. The number of nitrogens with zero attached hydrogens (tertiary/aromatic N) is 5. The number of hydrogen-bond acceptors (Lipinski definition) is 6. The highest BCUT2D eigenvalue weighted by Crippen LogP contribution is 2.12. The Balaban J connectivity index is 1.54. The van der Waals surface area contributed by atoms with Crippen molar-refractivity contribution in [1.29, 1.82) is 0 Å². The summed E-state index contributed by atoms with van der Waals surface area (Å²) in [6.07, 6.45) is 3.34. The molecule has 0 unspecified atom stereocenters. The standard InChI is InChI=1S/C11H16N6O/c1-9-12-6-10(18-9)7-16-2-4-17(5-3-16)11-13-8-14-15-11/h6,8H,2-5,7H2,1H3,(H,13,14,15). The van der Waals surface area contributed by atoms with E-state index in [4.69, 9.17) is 4.42 Å². The zero-order valence-corrected chi connectivity index (χ0v) is 10.3. The van der Waals surface area contributed by atoms with Crippen LogP contribution in [0.15, 0.2) is 16.9 Å². The van der Waals surface area contributed by atoms with Gasteiger partial charge >= 0.3 is 0 Å². The lowest BCUT2D eigenvalue weighted by Gasteiger charge is -2.33. The van der Waals surface area contributed by atoms with Crippen molar-refractivity contribution in [2.75, 3.05) is 31.1 Å². The molecule has 1 fully saturated rings. The van der Waals surface area contributed by atoms with E-state index in [1.807, 2.05) is 6.92 Å². The average Bonchev–Trinajstić information content (AvgIpc) is 3.02. The Labute approximate surface area is 105 Å². The SMILES string of the molecule is Cc1ncc(CN2CCN(c3ncn[nH]3)CC2)o1. The lowest BCUT2D eigenvalue weighted by molar-refractivity contribution is 0.228. The number of aromatic nitrogens is 4. The molecule has 0 radical (unpaired) electrons. The van der Waals surface area contributed by atoms with Crippen LogP contribution in [0.1, 0.15) is 11.7 Å². The highest BCUT2D eigenvalue weighted by atomic mass is 16.4. The molecule has 0 atom stereocenters. The zero-order chi connectivity index (χ0) is 12.4. The fourth-order valence-corrected chi connectivity index (χ4v) is 2.17. The summed E-state index contributed by atoms with van der Waals surface area (Å²) in [7, 11) is 0. The van der Waals surface area contributed by atoms with Crippen LogP contribution in [0.2, 0.25) is 0 Å². The minimum absolute atomic E-state index is 0.727. The molecule has 0 bridgehead atoms. The number of piperazine rings is 1. The number of anilines is 1. The van der Waals surface area contributed by atoms with Crippen molar-refractivity contribution in [3.05, 3.63) is 24.2 Å². The largest absolute Gasteiger partial charge is 0.445 e. The van der Waals surface area contributed by atoms with Crippen molar-refractivity contribution in [2.45, 2.75) is 13.5 Å². The molecule has 96 valence electrons. The van der Waals surface area contributed by atoms with Gasteiger partial charge < -0.3 is 9.32 Å². The first kappa shape index (κ1) is 11.2. The molecule has 0 aromatic carbocycles. The molecule has 0 spiro atoms. The first-order valence-electron chi connectivity index (χ1n) is 6.05. The van der Waals surface area contributed by atoms with Crippen molar-refractivity contribution in [2.24, 2.45) is 0 Å². The molecular weight excluding hydrogens is 232 g/mol. The molecule has 0 saturated carbocycles. The number of hydrogen-bond donors (Lipinski definition) is 1. The first-order valence-corrected chi connectivity index (χ1v) is 6.05. The number of aryl methyl sites for hydroxylation is 1. The number of rotatable bonds is 3. The zero-order valence-electron chi connectivity index (χ0n) is 10.3. The van der Waals surface area contributed by atoms with Crippen LogP contribution < -0.4 is 4.90 Å². The number of H-pyrrole nitrogens is 1. The highest BCUT2D eigenvalue weighted by Gasteiger charge is 2.19. The number of nitrogens with one attached hydrogen (secondary N) is 1. The molecule has 1 saturated heterocycles. The van der Waals surface area contributed by atoms with Gasteiger partial charge in [0.15, 0.2) is 5.89 Å². The summed E-state index contributed by atoms with van der Waals surface area (Å²) in [6.45, 7) is 6.56. The third kappa shape index (κ3) is 2.35. The lowest BCUT2D eigenvalue weighted by atomic mass is 10.3. The molecule has 0 aliphatic carbocycles. The summed E-state index contributed by atoms with van der Waals surface area (Å²) in [6, 6.07) is 0. The normalized spacial score (nSPS) is 17.3. The van der Waals surface area contributed by atoms with E-state index >= 15 is 0 Å². The second-order valence-electron chi connectivity index (χ2n) is 4.42. The van der Waals surface area contributed by atoms with Gasteiger partial charge in [-0.1, -0.05) is 0 Å². The molecule has 2 aromatic rings. The van der Waals surface area contributed by atoms with E-state index in [2.05, 4.69) is 30.0 Å². The van der Waals surface area contributed by atoms with Crippen LogP contribution in [0.3, 0.4) is 0 Å². The number of aromatic amines is 1. The molecule has 1 N–H and O–H groups in total. The van der Waals surface area contributed by atoms with Gasteiger partial charge in [-0.2, -0.15) is 10.1 Å². The second kappa shape index (κ2) is 4.77. The van der Waals surface area contributed by atoms with E-state index in [1.54, 1.807) is 12.5 Å². The molecule has 3 heterocycles. The van der Waals surface area contributed by atoms with Crippen molar-refractivity contribution in [1.82, 2.24) is 25.1 Å². The quantitative estimate of drug-likeness (QED) is 0.848. The molecular formula is C11H16N6O. The van der Waals surface area contributed by atoms with E-state index in [1.165, 1.54) is 0 Å². The van der Waals surface area contributed by atoms with Crippen molar-refractivity contribution in [3.63, 3.8) is 0 Å². The van der Waals surface area contributed by atoms with Gasteiger partial charge in [-0.15, -0.1) is 0 Å². The Morgan fingerprint density at radius 3 is 2.72 bits per heavy atom. The Kier molecular flexibility index (Phi) is 2.97. The van der Waals surface area contributed by atoms with Crippen LogP contribution in [0.25, 0.3) is 0 Å². The van der Waals surface area contributed by atoms with Crippen LogP contribution in [0, 0.1) is 6.92 Å². The third-order valence-electron chi connectivity index (χ3n) is 3.12. The van der Waals surface area contributed by atoms with Crippen LogP contribution in [-0.4, -0.2) is 51.2 Å². The van der Waals surface area contributed by atoms with Crippen LogP contribution in [0.4, 0.5) is 5.95 Å². The highest BCUT2D eigenvalue weighted by molar-refractivity contribution is 5.27. The van der Waals surface area contributed by atoms with Crippen LogP contribution >= 0.6 is 0 Å². The fraction of sp³-hybridized carbons (Fsp3) is 0.545. The summed E-state index contributed by atoms with van der Waals surface area (Å²) in [4.78, 5) is 12.8. The first-order chi connectivity index (χ1) is 8.81. The minimum atomic E-state index is 0.727. The van der Waals surface area contributed by atoms with Gasteiger partial charge in [-0.05, 0) is 0 Å². The van der Waals surface area contributed by atoms with Gasteiger partial charge in [-0.3, -0.25) is 4.90 Å². The average molecular weight is 248 g/mol. The van der Waals surface area contributed by atoms with Crippen molar-refractivity contribution >= 4 is 5.95 Å². The predicted octanol–water partition coefficient (Wildman–Crippen LogP) is 0.423. The van der Waals surface area contributed by atoms with E-state index in [9.17, 15) is 0 Å². The monoisotopic (exact) mass is 248 g/mol. The Morgan fingerprint density at radius 2 is 2.11 bits per heavy atom. The number of oxazole rings is 1. The summed E-state index contributed by atoms with van der Waals surface area (Å²) in [5, 5.41) is 6.76. The maximum absolute atomic E-state index is 5.49. The van der Waals surface area contributed by atoms with Crippen molar-refractivity contribution in [3.8, 4) is 0 Å². The Hall–Kier alpha value is -1.89. The molecule has 7 nitrogen and oxygen atoms in total. The predicted molar refractivity (Wildman–Crippen MR) is 65.1 cm³/mol. The second-order valence-corrected chi connectivity index (χ2v) is 4.42. The maximum atomic E-state index is 5.49. The molecule has 2 aromatic heterocycles. The molecule has 0 amide bonds. The topological polar surface area (TPSA) is 74.1 Å². The Bertz CT molecular complexity index is 485. The third-order valence-corrected chi connectivity index (χ3v) is 3.12. The van der Waals surface area contributed by atoms with E-state index in [0.717, 1.165) is 50.3 Å². The van der Waals surface area contributed by atoms with Crippen molar-refractivity contribution < 1.29 is 4.42 Å². The summed E-state index contributed by atoms with van der Waals surface area (Å²) in [5.74, 6) is 2.51. The van der Waals surface area contributed by atoms with Crippen LogP contribution in [0.5, 0.6) is 0 Å². The van der Waals surface area contributed by atoms with Gasteiger partial charge in [0.1, 0.15) is 12.1 Å².